The molecule has 2 amide bonds. The number of hydrogen-bond acceptors (Lipinski definition) is 5. The van der Waals surface area contributed by atoms with Gasteiger partial charge in [-0.3, -0.25) is 10.6 Å². The quantitative estimate of drug-likeness (QED) is 0.488. The third kappa shape index (κ3) is 3.73. The van der Waals surface area contributed by atoms with E-state index in [2.05, 4.69) is 21.3 Å². The van der Waals surface area contributed by atoms with Crippen LogP contribution in [0.2, 0.25) is 0 Å². The first-order valence-electron chi connectivity index (χ1n) is 7.23. The number of urea groups is 1. The van der Waals surface area contributed by atoms with E-state index in [0.717, 1.165) is 6.42 Å². The van der Waals surface area contributed by atoms with Crippen molar-refractivity contribution in [3.8, 4) is 11.5 Å². The molecule has 1 aromatic rings. The fraction of sp³-hybridized carbons (Fsp3) is 0.500. The second-order valence-electron chi connectivity index (χ2n) is 5.33. The highest BCUT2D eigenvalue weighted by Gasteiger charge is 2.24. The molecule has 0 aromatic heterocycles. The highest BCUT2D eigenvalue weighted by molar-refractivity contribution is 6.20. The van der Waals surface area contributed by atoms with Crippen LogP contribution in [0.5, 0.6) is 11.5 Å². The SMILES string of the molecule is CC1CC(Cl)NC(NC(=O)Nc2ccc3c(c2)OCCO3)N1. The van der Waals surface area contributed by atoms with Crippen molar-refractivity contribution >= 4 is 23.3 Å². The van der Waals surface area contributed by atoms with Gasteiger partial charge in [0.2, 0.25) is 0 Å². The minimum atomic E-state index is -0.372. The second kappa shape index (κ2) is 6.60. The Bertz CT molecular complexity index is 547. The van der Waals surface area contributed by atoms with Crippen LogP contribution in [0, 0.1) is 0 Å². The van der Waals surface area contributed by atoms with Crippen molar-refractivity contribution in [2.45, 2.75) is 31.2 Å². The van der Waals surface area contributed by atoms with E-state index in [-0.39, 0.29) is 23.9 Å². The molecule has 0 aliphatic carbocycles. The average Bonchev–Trinajstić information content (AvgIpc) is 2.45. The number of ether oxygens (including phenoxy) is 2. The number of fused-ring (bicyclic) bond motifs is 1. The Morgan fingerprint density at radius 1 is 1.27 bits per heavy atom. The van der Waals surface area contributed by atoms with Gasteiger partial charge >= 0.3 is 6.03 Å². The van der Waals surface area contributed by atoms with Crippen molar-refractivity contribution in [3.63, 3.8) is 0 Å². The minimum Gasteiger partial charge on any atom is -0.486 e. The maximum absolute atomic E-state index is 12.0. The van der Waals surface area contributed by atoms with Crippen LogP contribution in [0.25, 0.3) is 0 Å². The van der Waals surface area contributed by atoms with Gasteiger partial charge in [-0.05, 0) is 25.5 Å². The summed E-state index contributed by atoms with van der Waals surface area (Å²) in [5.41, 5.74) is 0.462. The molecule has 4 N–H and O–H groups in total. The Balaban J connectivity index is 1.57. The van der Waals surface area contributed by atoms with Crippen molar-refractivity contribution in [1.29, 1.82) is 0 Å². The molecular weight excluding hydrogens is 308 g/mol. The van der Waals surface area contributed by atoms with E-state index >= 15 is 0 Å². The summed E-state index contributed by atoms with van der Waals surface area (Å²) in [5, 5.41) is 11.8. The Hall–Kier alpha value is -1.70. The van der Waals surface area contributed by atoms with Crippen LogP contribution in [0.1, 0.15) is 13.3 Å². The number of carbonyl (C=O) groups excluding carboxylic acids is 1. The van der Waals surface area contributed by atoms with Crippen LogP contribution in [0.3, 0.4) is 0 Å². The highest BCUT2D eigenvalue weighted by Crippen LogP contribution is 2.32. The van der Waals surface area contributed by atoms with Gasteiger partial charge in [-0.15, -0.1) is 11.6 Å². The summed E-state index contributed by atoms with van der Waals surface area (Å²) in [6.07, 6.45) is 0.423. The molecule has 120 valence electrons. The lowest BCUT2D eigenvalue weighted by atomic mass is 10.2. The van der Waals surface area contributed by atoms with Crippen LogP contribution < -0.4 is 30.7 Å². The van der Waals surface area contributed by atoms with Crippen molar-refractivity contribution in [2.24, 2.45) is 0 Å². The van der Waals surface area contributed by atoms with E-state index in [4.69, 9.17) is 21.1 Å². The molecule has 0 saturated carbocycles. The van der Waals surface area contributed by atoms with E-state index in [1.165, 1.54) is 0 Å². The third-order valence-electron chi connectivity index (χ3n) is 3.43. The molecule has 1 saturated heterocycles. The summed E-state index contributed by atoms with van der Waals surface area (Å²) in [6, 6.07) is 5.17. The number of anilines is 1. The Morgan fingerprint density at radius 2 is 2.05 bits per heavy atom. The van der Waals surface area contributed by atoms with Gasteiger partial charge in [0.15, 0.2) is 11.5 Å². The first-order valence-corrected chi connectivity index (χ1v) is 7.67. The van der Waals surface area contributed by atoms with Gasteiger partial charge in [-0.1, -0.05) is 0 Å². The van der Waals surface area contributed by atoms with E-state index in [1.54, 1.807) is 18.2 Å². The van der Waals surface area contributed by atoms with Crippen molar-refractivity contribution < 1.29 is 14.3 Å². The lowest BCUT2D eigenvalue weighted by Crippen LogP contribution is -2.63. The maximum Gasteiger partial charge on any atom is 0.321 e. The molecule has 0 bridgehead atoms. The molecule has 0 radical (unpaired) electrons. The molecule has 22 heavy (non-hydrogen) atoms. The normalized spacial score (nSPS) is 27.1. The number of alkyl halides is 1. The fourth-order valence-electron chi connectivity index (χ4n) is 2.46. The van der Waals surface area contributed by atoms with Gasteiger partial charge in [-0.2, -0.15) is 0 Å². The molecule has 1 aromatic carbocycles. The number of amides is 2. The minimum absolute atomic E-state index is 0.171. The molecule has 3 atom stereocenters. The van der Waals surface area contributed by atoms with Gasteiger partial charge in [0, 0.05) is 17.8 Å². The second-order valence-corrected chi connectivity index (χ2v) is 5.85. The Kier molecular flexibility index (Phi) is 4.56. The number of rotatable bonds is 2. The van der Waals surface area contributed by atoms with Crippen LogP contribution in [-0.4, -0.2) is 37.1 Å². The first-order chi connectivity index (χ1) is 10.6. The smallest absolute Gasteiger partial charge is 0.321 e. The molecule has 2 aliphatic heterocycles. The molecule has 2 heterocycles. The van der Waals surface area contributed by atoms with Crippen LogP contribution in [0.4, 0.5) is 10.5 Å². The largest absolute Gasteiger partial charge is 0.486 e. The summed E-state index contributed by atoms with van der Waals surface area (Å²) < 4.78 is 10.9. The topological polar surface area (TPSA) is 83.7 Å². The molecule has 3 rings (SSSR count). The first kappa shape index (κ1) is 15.2. The highest BCUT2D eigenvalue weighted by atomic mass is 35.5. The summed E-state index contributed by atoms with van der Waals surface area (Å²) in [4.78, 5) is 12.0. The van der Waals surface area contributed by atoms with Crippen molar-refractivity contribution in [3.05, 3.63) is 18.2 Å². The summed E-state index contributed by atoms with van der Waals surface area (Å²) in [5.74, 6) is 1.32. The zero-order valence-corrected chi connectivity index (χ0v) is 12.9. The Morgan fingerprint density at radius 3 is 2.82 bits per heavy atom. The van der Waals surface area contributed by atoms with Crippen molar-refractivity contribution in [1.82, 2.24) is 16.0 Å². The molecule has 3 unspecified atom stereocenters. The fourth-order valence-corrected chi connectivity index (χ4v) is 2.86. The molecule has 1 fully saturated rings. The standard InChI is InChI=1S/C14H19ClN4O3/c1-8-6-12(15)18-13(16-8)19-14(20)17-9-2-3-10-11(7-9)22-5-4-21-10/h2-3,7-8,12-13,16,18H,4-6H2,1H3,(H2,17,19,20). The third-order valence-corrected chi connectivity index (χ3v) is 3.74. The molecule has 8 heteroatoms. The van der Waals surface area contributed by atoms with Gasteiger partial charge in [-0.25, -0.2) is 4.79 Å². The van der Waals surface area contributed by atoms with E-state index < -0.39 is 0 Å². The summed E-state index contributed by atoms with van der Waals surface area (Å²) in [7, 11) is 0. The van der Waals surface area contributed by atoms with E-state index in [1.807, 2.05) is 6.92 Å². The lowest BCUT2D eigenvalue weighted by Gasteiger charge is -2.33. The van der Waals surface area contributed by atoms with Gasteiger partial charge in [0.05, 0.1) is 5.50 Å². The Labute approximate surface area is 133 Å². The maximum atomic E-state index is 12.0. The van der Waals surface area contributed by atoms with Crippen LogP contribution >= 0.6 is 11.6 Å². The molecule has 7 nitrogen and oxygen atoms in total. The zero-order chi connectivity index (χ0) is 15.5. The van der Waals surface area contributed by atoms with Crippen LogP contribution in [-0.2, 0) is 0 Å². The van der Waals surface area contributed by atoms with Gasteiger partial charge in [0.1, 0.15) is 19.5 Å². The van der Waals surface area contributed by atoms with Gasteiger partial charge in [0.25, 0.3) is 0 Å². The lowest BCUT2D eigenvalue weighted by molar-refractivity contribution is 0.171. The molecule has 2 aliphatic rings. The average molecular weight is 327 g/mol. The van der Waals surface area contributed by atoms with E-state index in [9.17, 15) is 4.79 Å². The van der Waals surface area contributed by atoms with Gasteiger partial charge < -0.3 is 20.1 Å². The predicted molar refractivity (Wildman–Crippen MR) is 83.4 cm³/mol. The van der Waals surface area contributed by atoms with Crippen molar-refractivity contribution in [2.75, 3.05) is 18.5 Å². The van der Waals surface area contributed by atoms with E-state index in [0.29, 0.717) is 30.4 Å². The number of halogens is 1. The number of carbonyl (C=O) groups is 1. The summed E-state index contributed by atoms with van der Waals surface area (Å²) in [6.45, 7) is 3.06. The number of benzene rings is 1. The number of nitrogens with one attached hydrogen (secondary N) is 4. The van der Waals surface area contributed by atoms with Crippen LogP contribution in [0.15, 0.2) is 18.2 Å². The molecule has 0 spiro atoms. The predicted octanol–water partition coefficient (Wildman–Crippen LogP) is 1.40. The zero-order valence-electron chi connectivity index (χ0n) is 12.2. The number of hydrogen-bond donors (Lipinski definition) is 4. The summed E-state index contributed by atoms with van der Waals surface area (Å²) >= 11 is 6.08. The monoisotopic (exact) mass is 326 g/mol. The molecular formula is C14H19ClN4O3.